The van der Waals surface area contributed by atoms with Gasteiger partial charge >= 0.3 is 0 Å². The van der Waals surface area contributed by atoms with Crippen molar-refractivity contribution in [2.45, 2.75) is 27.2 Å². The van der Waals surface area contributed by atoms with Crippen LogP contribution in [0.5, 0.6) is 11.5 Å². The van der Waals surface area contributed by atoms with Gasteiger partial charge in [-0.25, -0.2) is 0 Å². The molecule has 0 N–H and O–H groups in total. The number of hydrogen-bond acceptors (Lipinski definition) is 5. The molecular formula is C22H22INO3S2. The fourth-order valence-electron chi connectivity index (χ4n) is 2.87. The molecule has 0 bridgehead atoms. The molecule has 1 amide bonds. The second kappa shape index (κ2) is 9.49. The topological polar surface area (TPSA) is 38.8 Å². The Morgan fingerprint density at radius 1 is 1.21 bits per heavy atom. The first kappa shape index (κ1) is 22.1. The van der Waals surface area contributed by atoms with Crippen molar-refractivity contribution in [2.24, 2.45) is 0 Å². The highest BCUT2D eigenvalue weighted by molar-refractivity contribution is 14.1. The SMILES string of the molecule is CCCOc1c(I)cc(C=C2SC(=S)N(c3ccc(C)c(C)c3)C2=O)cc1OC. The summed E-state index contributed by atoms with van der Waals surface area (Å²) in [5.74, 6) is 1.28. The molecule has 0 aliphatic carbocycles. The molecule has 0 spiro atoms. The third-order valence-electron chi connectivity index (χ3n) is 4.54. The van der Waals surface area contributed by atoms with Crippen molar-refractivity contribution in [1.82, 2.24) is 0 Å². The van der Waals surface area contributed by atoms with E-state index in [1.807, 2.05) is 50.3 Å². The molecule has 2 aromatic carbocycles. The first-order chi connectivity index (χ1) is 13.8. The fourth-order valence-corrected chi connectivity index (χ4v) is 4.95. The van der Waals surface area contributed by atoms with Crippen molar-refractivity contribution in [3.05, 3.63) is 55.5 Å². The minimum atomic E-state index is -0.108. The highest BCUT2D eigenvalue weighted by atomic mass is 127. The number of thioether (sulfide) groups is 1. The molecule has 0 saturated carbocycles. The summed E-state index contributed by atoms with van der Waals surface area (Å²) in [6.07, 6.45) is 2.77. The molecule has 0 aromatic heterocycles. The van der Waals surface area contributed by atoms with Gasteiger partial charge < -0.3 is 9.47 Å². The van der Waals surface area contributed by atoms with E-state index in [0.717, 1.165) is 32.6 Å². The Labute approximate surface area is 194 Å². The predicted octanol–water partition coefficient (Wildman–Crippen LogP) is 6.11. The minimum Gasteiger partial charge on any atom is -0.493 e. The number of carbonyl (C=O) groups excluding carboxylic acids is 1. The van der Waals surface area contributed by atoms with Gasteiger partial charge in [0.2, 0.25) is 0 Å². The van der Waals surface area contributed by atoms with E-state index in [1.54, 1.807) is 12.0 Å². The average Bonchev–Trinajstić information content (AvgIpc) is 2.96. The zero-order valence-corrected chi connectivity index (χ0v) is 20.5. The van der Waals surface area contributed by atoms with Crippen molar-refractivity contribution >= 4 is 68.6 Å². The Hall–Kier alpha value is -1.58. The maximum atomic E-state index is 13.1. The van der Waals surface area contributed by atoms with Gasteiger partial charge in [-0.1, -0.05) is 37.0 Å². The number of benzene rings is 2. The van der Waals surface area contributed by atoms with Crippen LogP contribution in [0.25, 0.3) is 6.08 Å². The van der Waals surface area contributed by atoms with Crippen LogP contribution in [-0.2, 0) is 4.79 Å². The summed E-state index contributed by atoms with van der Waals surface area (Å²) in [5, 5.41) is 0. The van der Waals surface area contributed by atoms with Crippen molar-refractivity contribution < 1.29 is 14.3 Å². The number of anilines is 1. The first-order valence-corrected chi connectivity index (χ1v) is 11.5. The quantitative estimate of drug-likeness (QED) is 0.252. The highest BCUT2D eigenvalue weighted by Gasteiger charge is 2.33. The van der Waals surface area contributed by atoms with Crippen LogP contribution in [0.3, 0.4) is 0 Å². The zero-order valence-electron chi connectivity index (χ0n) is 16.7. The Morgan fingerprint density at radius 3 is 2.62 bits per heavy atom. The lowest BCUT2D eigenvalue weighted by atomic mass is 10.1. The van der Waals surface area contributed by atoms with Crippen LogP contribution in [0.15, 0.2) is 35.2 Å². The van der Waals surface area contributed by atoms with E-state index in [2.05, 4.69) is 29.5 Å². The number of thiocarbonyl (C=S) groups is 1. The molecule has 0 unspecified atom stereocenters. The summed E-state index contributed by atoms with van der Waals surface area (Å²) < 4.78 is 12.8. The van der Waals surface area contributed by atoms with Gasteiger partial charge in [0.15, 0.2) is 15.8 Å². The summed E-state index contributed by atoms with van der Waals surface area (Å²) in [5.41, 5.74) is 3.98. The van der Waals surface area contributed by atoms with Crippen LogP contribution >= 0.6 is 46.6 Å². The molecule has 4 nitrogen and oxygen atoms in total. The van der Waals surface area contributed by atoms with E-state index in [0.29, 0.717) is 21.6 Å². The van der Waals surface area contributed by atoms with Gasteiger partial charge in [-0.3, -0.25) is 9.69 Å². The molecule has 1 heterocycles. The van der Waals surface area contributed by atoms with E-state index in [-0.39, 0.29) is 5.91 Å². The Bertz CT molecular complexity index is 1000. The molecule has 0 atom stereocenters. The van der Waals surface area contributed by atoms with Gasteiger partial charge in [-0.05, 0) is 89.9 Å². The number of hydrogen-bond donors (Lipinski definition) is 0. The zero-order chi connectivity index (χ0) is 21.1. The highest BCUT2D eigenvalue weighted by Crippen LogP contribution is 2.39. The molecular weight excluding hydrogens is 517 g/mol. The van der Waals surface area contributed by atoms with Gasteiger partial charge in [0, 0.05) is 0 Å². The number of nitrogens with zero attached hydrogens (tertiary/aromatic N) is 1. The van der Waals surface area contributed by atoms with Crippen LogP contribution in [-0.4, -0.2) is 23.9 Å². The number of methoxy groups -OCH3 is 1. The second-order valence-corrected chi connectivity index (χ2v) is 9.51. The van der Waals surface area contributed by atoms with E-state index >= 15 is 0 Å². The summed E-state index contributed by atoms with van der Waals surface area (Å²) in [7, 11) is 1.62. The van der Waals surface area contributed by atoms with Crippen molar-refractivity contribution in [2.75, 3.05) is 18.6 Å². The lowest BCUT2D eigenvalue weighted by Crippen LogP contribution is -2.27. The van der Waals surface area contributed by atoms with E-state index in [1.165, 1.54) is 17.3 Å². The minimum absolute atomic E-state index is 0.108. The number of rotatable bonds is 6. The molecule has 1 aliphatic rings. The number of amides is 1. The third kappa shape index (κ3) is 4.78. The van der Waals surface area contributed by atoms with E-state index < -0.39 is 0 Å². The van der Waals surface area contributed by atoms with Crippen LogP contribution in [0.1, 0.15) is 30.0 Å². The monoisotopic (exact) mass is 539 g/mol. The maximum absolute atomic E-state index is 13.1. The molecule has 3 rings (SSSR count). The van der Waals surface area contributed by atoms with Crippen molar-refractivity contribution in [3.8, 4) is 11.5 Å². The van der Waals surface area contributed by atoms with Gasteiger partial charge in [-0.15, -0.1) is 0 Å². The van der Waals surface area contributed by atoms with Gasteiger partial charge in [-0.2, -0.15) is 0 Å². The first-order valence-electron chi connectivity index (χ1n) is 9.21. The molecule has 2 aromatic rings. The largest absolute Gasteiger partial charge is 0.493 e. The van der Waals surface area contributed by atoms with E-state index in [9.17, 15) is 4.79 Å². The number of carbonyl (C=O) groups is 1. The lowest BCUT2D eigenvalue weighted by molar-refractivity contribution is -0.113. The second-order valence-electron chi connectivity index (χ2n) is 6.67. The average molecular weight is 539 g/mol. The lowest BCUT2D eigenvalue weighted by Gasteiger charge is -2.16. The van der Waals surface area contributed by atoms with Crippen molar-refractivity contribution in [1.29, 1.82) is 0 Å². The molecule has 1 aliphatic heterocycles. The van der Waals surface area contributed by atoms with Gasteiger partial charge in [0.1, 0.15) is 0 Å². The molecule has 152 valence electrons. The number of halogens is 1. The molecule has 29 heavy (non-hydrogen) atoms. The molecule has 1 saturated heterocycles. The van der Waals surface area contributed by atoms with Crippen molar-refractivity contribution in [3.63, 3.8) is 0 Å². The van der Waals surface area contributed by atoms with Gasteiger partial charge in [0.25, 0.3) is 5.91 Å². The number of ether oxygens (including phenoxy) is 2. The van der Waals surface area contributed by atoms with Crippen LogP contribution in [0.4, 0.5) is 5.69 Å². The maximum Gasteiger partial charge on any atom is 0.270 e. The van der Waals surface area contributed by atoms with Crippen LogP contribution < -0.4 is 14.4 Å². The molecule has 1 fully saturated rings. The fraction of sp³-hybridized carbons (Fsp3) is 0.273. The Morgan fingerprint density at radius 2 is 1.97 bits per heavy atom. The summed E-state index contributed by atoms with van der Waals surface area (Å²) >= 11 is 9.03. The van der Waals surface area contributed by atoms with E-state index in [4.69, 9.17) is 21.7 Å². The Balaban J connectivity index is 1.93. The van der Waals surface area contributed by atoms with Crippen LogP contribution in [0.2, 0.25) is 0 Å². The summed E-state index contributed by atoms with van der Waals surface area (Å²) in [6.45, 7) is 6.76. The summed E-state index contributed by atoms with van der Waals surface area (Å²) in [6, 6.07) is 9.80. The van der Waals surface area contributed by atoms with Gasteiger partial charge in [0.05, 0.1) is 27.9 Å². The normalized spacial score (nSPS) is 15.3. The number of aryl methyl sites for hydroxylation is 2. The molecule has 7 heteroatoms. The Kier molecular flexibility index (Phi) is 7.23. The van der Waals surface area contributed by atoms with Crippen LogP contribution in [0, 0.1) is 17.4 Å². The molecule has 0 radical (unpaired) electrons. The third-order valence-corrected chi connectivity index (χ3v) is 6.65. The smallest absolute Gasteiger partial charge is 0.270 e. The predicted molar refractivity (Wildman–Crippen MR) is 133 cm³/mol. The summed E-state index contributed by atoms with van der Waals surface area (Å²) in [4.78, 5) is 15.2. The standard InChI is InChI=1S/C22H22INO3S2/c1-5-8-27-20-17(23)10-15(11-18(20)26-4)12-19-21(25)24(22(28)29-19)16-7-6-13(2)14(3)9-16/h6-7,9-12H,5,8H2,1-4H3.